The van der Waals surface area contributed by atoms with Gasteiger partial charge in [-0.05, 0) is 31.6 Å². The normalized spacial score (nSPS) is 34.5. The first-order valence-corrected chi connectivity index (χ1v) is 6.87. The second kappa shape index (κ2) is 4.63. The van der Waals surface area contributed by atoms with E-state index in [1.165, 1.54) is 25.0 Å². The number of nitrogens with zero attached hydrogens (tertiary/aromatic N) is 1. The third kappa shape index (κ3) is 2.15. The molecule has 3 aliphatic carbocycles. The number of rotatable bonds is 2. The second-order valence-corrected chi connectivity index (χ2v) is 5.55. The van der Waals surface area contributed by atoms with Crippen molar-refractivity contribution in [3.8, 4) is 0 Å². The molecule has 92 valence electrons. The Morgan fingerprint density at radius 2 is 2.12 bits per heavy atom. The number of amides is 1. The first-order valence-electron chi connectivity index (χ1n) is 6.87. The summed E-state index contributed by atoms with van der Waals surface area (Å²) in [6.07, 6.45) is 12.5. The van der Waals surface area contributed by atoms with Crippen LogP contribution in [0.25, 0.3) is 0 Å². The van der Waals surface area contributed by atoms with Crippen molar-refractivity contribution >= 4 is 11.6 Å². The molecule has 0 bridgehead atoms. The van der Waals surface area contributed by atoms with Gasteiger partial charge in [0, 0.05) is 17.5 Å². The zero-order valence-electron chi connectivity index (χ0n) is 10.2. The van der Waals surface area contributed by atoms with Crippen molar-refractivity contribution in [2.45, 2.75) is 44.9 Å². The lowest BCUT2D eigenvalue weighted by atomic mass is 9.74. The Kier molecular flexibility index (Phi) is 3.00. The molecule has 0 aromatic heterocycles. The molecule has 3 aliphatic rings. The molecule has 3 rings (SSSR count). The molecule has 2 unspecified atom stereocenters. The van der Waals surface area contributed by atoms with Gasteiger partial charge in [0.2, 0.25) is 5.91 Å². The Bertz CT molecular complexity index is 366. The highest BCUT2D eigenvalue weighted by Gasteiger charge is 2.38. The smallest absolute Gasteiger partial charge is 0.243 e. The van der Waals surface area contributed by atoms with Crippen molar-refractivity contribution in [1.82, 2.24) is 5.43 Å². The average Bonchev–Trinajstić information content (AvgIpc) is 2.72. The van der Waals surface area contributed by atoms with Gasteiger partial charge in [-0.1, -0.05) is 31.4 Å². The number of hydrazone groups is 1. The molecule has 3 nitrogen and oxygen atoms in total. The Morgan fingerprint density at radius 3 is 2.88 bits per heavy atom. The minimum absolute atomic E-state index is 0.145. The molecule has 3 heteroatoms. The van der Waals surface area contributed by atoms with Gasteiger partial charge in [-0.2, -0.15) is 5.10 Å². The van der Waals surface area contributed by atoms with E-state index in [4.69, 9.17) is 0 Å². The van der Waals surface area contributed by atoms with Gasteiger partial charge < -0.3 is 0 Å². The highest BCUT2D eigenvalue weighted by atomic mass is 16.2. The van der Waals surface area contributed by atoms with Crippen LogP contribution < -0.4 is 5.43 Å². The monoisotopic (exact) mass is 232 g/mol. The Hall–Kier alpha value is -1.12. The minimum Gasteiger partial charge on any atom is -0.273 e. The molecule has 2 saturated carbocycles. The van der Waals surface area contributed by atoms with Gasteiger partial charge >= 0.3 is 0 Å². The summed E-state index contributed by atoms with van der Waals surface area (Å²) in [5.41, 5.74) is 3.99. The number of carbonyl (C=O) groups is 1. The van der Waals surface area contributed by atoms with E-state index in [0.29, 0.717) is 11.8 Å². The standard InChI is InChI=1S/C14H20N2O/c17-14(10-5-2-1-3-6-10)16-15-13-9-11-7-4-8-12(11)13/h4,7,10-12H,1-3,5-6,8-9H2,(H,16,17). The molecule has 17 heavy (non-hydrogen) atoms. The summed E-state index contributed by atoms with van der Waals surface area (Å²) in [5.74, 6) is 1.67. The van der Waals surface area contributed by atoms with E-state index in [9.17, 15) is 4.79 Å². The van der Waals surface area contributed by atoms with E-state index in [0.717, 1.165) is 25.7 Å². The van der Waals surface area contributed by atoms with Gasteiger partial charge in [-0.15, -0.1) is 0 Å². The van der Waals surface area contributed by atoms with E-state index in [2.05, 4.69) is 22.7 Å². The molecule has 0 aliphatic heterocycles. The third-order valence-corrected chi connectivity index (χ3v) is 4.45. The molecular weight excluding hydrogens is 212 g/mol. The molecule has 0 aromatic carbocycles. The van der Waals surface area contributed by atoms with Crippen LogP contribution in [0.2, 0.25) is 0 Å². The second-order valence-electron chi connectivity index (χ2n) is 5.55. The largest absolute Gasteiger partial charge is 0.273 e. The van der Waals surface area contributed by atoms with Crippen molar-refractivity contribution in [2.24, 2.45) is 22.9 Å². The summed E-state index contributed by atoms with van der Waals surface area (Å²) >= 11 is 0. The fraction of sp³-hybridized carbons (Fsp3) is 0.714. The van der Waals surface area contributed by atoms with E-state index >= 15 is 0 Å². The number of nitrogens with one attached hydrogen (secondary N) is 1. The predicted octanol–water partition coefficient (Wildman–Crippen LogP) is 2.63. The molecule has 2 atom stereocenters. The molecule has 0 spiro atoms. The van der Waals surface area contributed by atoms with Crippen molar-refractivity contribution in [1.29, 1.82) is 0 Å². The minimum atomic E-state index is 0.145. The van der Waals surface area contributed by atoms with Crippen LogP contribution in [-0.2, 0) is 4.79 Å². The summed E-state index contributed by atoms with van der Waals surface area (Å²) in [7, 11) is 0. The van der Waals surface area contributed by atoms with Gasteiger partial charge in [0.05, 0.1) is 0 Å². The maximum Gasteiger partial charge on any atom is 0.243 e. The summed E-state index contributed by atoms with van der Waals surface area (Å²) in [4.78, 5) is 11.9. The number of allylic oxidation sites excluding steroid dienone is 2. The molecule has 0 radical (unpaired) electrons. The first kappa shape index (κ1) is 11.0. The van der Waals surface area contributed by atoms with Crippen molar-refractivity contribution < 1.29 is 4.79 Å². The molecule has 0 saturated heterocycles. The van der Waals surface area contributed by atoms with Gasteiger partial charge in [0.15, 0.2) is 0 Å². The van der Waals surface area contributed by atoms with Crippen LogP contribution in [0.1, 0.15) is 44.9 Å². The molecule has 1 N–H and O–H groups in total. The summed E-state index contributed by atoms with van der Waals surface area (Å²) in [6, 6.07) is 0. The van der Waals surface area contributed by atoms with Gasteiger partial charge in [0.25, 0.3) is 0 Å². The quantitative estimate of drug-likeness (QED) is 0.577. The van der Waals surface area contributed by atoms with Crippen molar-refractivity contribution in [2.75, 3.05) is 0 Å². The topological polar surface area (TPSA) is 41.5 Å². The van der Waals surface area contributed by atoms with Gasteiger partial charge in [-0.3, -0.25) is 4.79 Å². The average molecular weight is 232 g/mol. The Balaban J connectivity index is 1.50. The molecule has 1 amide bonds. The highest BCUT2D eigenvalue weighted by Crippen LogP contribution is 2.40. The van der Waals surface area contributed by atoms with E-state index in [-0.39, 0.29) is 11.8 Å². The third-order valence-electron chi connectivity index (χ3n) is 4.45. The summed E-state index contributed by atoms with van der Waals surface area (Å²) in [5, 5.41) is 4.32. The maximum atomic E-state index is 11.9. The first-order chi connectivity index (χ1) is 8.34. The Labute approximate surface area is 102 Å². The van der Waals surface area contributed by atoms with Crippen LogP contribution in [0.3, 0.4) is 0 Å². The van der Waals surface area contributed by atoms with Crippen LogP contribution in [0.15, 0.2) is 17.3 Å². The van der Waals surface area contributed by atoms with E-state index in [1.54, 1.807) is 0 Å². The fourth-order valence-corrected chi connectivity index (χ4v) is 3.25. The number of fused-ring (bicyclic) bond motifs is 1. The van der Waals surface area contributed by atoms with Gasteiger partial charge in [0.1, 0.15) is 0 Å². The maximum absolute atomic E-state index is 11.9. The summed E-state index contributed by atoms with van der Waals surface area (Å²) < 4.78 is 0. The fourth-order valence-electron chi connectivity index (χ4n) is 3.25. The SMILES string of the molecule is O=C(NN=C1CC2C=CCC12)C1CCCCC1. The lowest BCUT2D eigenvalue weighted by molar-refractivity contribution is -0.125. The summed E-state index contributed by atoms with van der Waals surface area (Å²) in [6.45, 7) is 0. The molecular formula is C14H20N2O. The number of hydrogen-bond acceptors (Lipinski definition) is 2. The zero-order valence-corrected chi connectivity index (χ0v) is 10.2. The van der Waals surface area contributed by atoms with Crippen molar-refractivity contribution in [3.05, 3.63) is 12.2 Å². The predicted molar refractivity (Wildman–Crippen MR) is 67.5 cm³/mol. The Morgan fingerprint density at radius 1 is 1.29 bits per heavy atom. The van der Waals surface area contributed by atoms with Crippen LogP contribution in [-0.4, -0.2) is 11.6 Å². The zero-order chi connectivity index (χ0) is 11.7. The number of hydrogen-bond donors (Lipinski definition) is 1. The number of carbonyl (C=O) groups excluding carboxylic acids is 1. The van der Waals surface area contributed by atoms with Crippen LogP contribution in [0.5, 0.6) is 0 Å². The van der Waals surface area contributed by atoms with Crippen LogP contribution in [0, 0.1) is 17.8 Å². The van der Waals surface area contributed by atoms with E-state index < -0.39 is 0 Å². The van der Waals surface area contributed by atoms with Gasteiger partial charge in [-0.25, -0.2) is 5.43 Å². The molecule has 2 fully saturated rings. The van der Waals surface area contributed by atoms with Crippen molar-refractivity contribution in [3.63, 3.8) is 0 Å². The molecule has 0 aromatic rings. The lowest BCUT2D eigenvalue weighted by Crippen LogP contribution is -2.37. The highest BCUT2D eigenvalue weighted by molar-refractivity contribution is 5.95. The molecule has 0 heterocycles. The lowest BCUT2D eigenvalue weighted by Gasteiger charge is -2.32. The van der Waals surface area contributed by atoms with Crippen LogP contribution >= 0.6 is 0 Å². The van der Waals surface area contributed by atoms with Crippen LogP contribution in [0.4, 0.5) is 0 Å². The van der Waals surface area contributed by atoms with E-state index in [1.807, 2.05) is 0 Å².